The van der Waals surface area contributed by atoms with E-state index in [2.05, 4.69) is 0 Å². The Morgan fingerprint density at radius 2 is 2.06 bits per heavy atom. The van der Waals surface area contributed by atoms with E-state index in [9.17, 15) is 14.4 Å². The van der Waals surface area contributed by atoms with Gasteiger partial charge in [-0.1, -0.05) is 0 Å². The molecular formula is C10H16N2O4. The average molecular weight is 228 g/mol. The lowest BCUT2D eigenvalue weighted by Gasteiger charge is -2.20. The van der Waals surface area contributed by atoms with Crippen molar-refractivity contribution >= 4 is 17.8 Å². The molecule has 0 spiro atoms. The van der Waals surface area contributed by atoms with Crippen molar-refractivity contribution in [3.05, 3.63) is 0 Å². The summed E-state index contributed by atoms with van der Waals surface area (Å²) in [4.78, 5) is 36.1. The van der Waals surface area contributed by atoms with Gasteiger partial charge in [0.25, 0.3) is 0 Å². The third kappa shape index (κ3) is 2.95. The smallest absolute Gasteiger partial charge is 0.308 e. The lowest BCUT2D eigenvalue weighted by molar-refractivity contribution is -0.142. The molecule has 6 nitrogen and oxygen atoms in total. The minimum atomic E-state index is -0.866. The van der Waals surface area contributed by atoms with Gasteiger partial charge in [0.05, 0.1) is 12.5 Å². The number of carbonyl (C=O) groups excluding carboxylic acids is 2. The topological polar surface area (TPSA) is 77.9 Å². The Balaban J connectivity index is 2.45. The predicted octanol–water partition coefficient (Wildman–Crippen LogP) is -0.602. The largest absolute Gasteiger partial charge is 0.481 e. The van der Waals surface area contributed by atoms with Crippen LogP contribution in [0.15, 0.2) is 0 Å². The number of aliphatic carboxylic acids is 1. The maximum Gasteiger partial charge on any atom is 0.308 e. The summed E-state index contributed by atoms with van der Waals surface area (Å²) >= 11 is 0. The predicted molar refractivity (Wildman–Crippen MR) is 55.6 cm³/mol. The van der Waals surface area contributed by atoms with E-state index in [1.165, 1.54) is 16.7 Å². The van der Waals surface area contributed by atoms with Crippen molar-refractivity contribution < 1.29 is 19.5 Å². The minimum Gasteiger partial charge on any atom is -0.481 e. The molecule has 0 aromatic rings. The first-order chi connectivity index (χ1) is 7.41. The summed E-state index contributed by atoms with van der Waals surface area (Å²) in [7, 11) is 1.55. The van der Waals surface area contributed by atoms with Gasteiger partial charge < -0.3 is 14.9 Å². The van der Waals surface area contributed by atoms with E-state index in [4.69, 9.17) is 5.11 Å². The molecule has 1 fully saturated rings. The fourth-order valence-corrected chi connectivity index (χ4v) is 1.60. The summed E-state index contributed by atoms with van der Waals surface area (Å²) in [6.45, 7) is 2.11. The number of hydrogen-bond donors (Lipinski definition) is 1. The van der Waals surface area contributed by atoms with Gasteiger partial charge in [-0.05, 0) is 6.42 Å². The fraction of sp³-hybridized carbons (Fsp3) is 0.700. The average Bonchev–Trinajstić information content (AvgIpc) is 2.65. The van der Waals surface area contributed by atoms with E-state index in [-0.39, 0.29) is 24.9 Å². The Morgan fingerprint density at radius 3 is 2.50 bits per heavy atom. The van der Waals surface area contributed by atoms with Crippen molar-refractivity contribution in [2.45, 2.75) is 13.3 Å². The van der Waals surface area contributed by atoms with Gasteiger partial charge >= 0.3 is 5.97 Å². The van der Waals surface area contributed by atoms with Crippen molar-refractivity contribution in [1.29, 1.82) is 0 Å². The summed E-state index contributed by atoms with van der Waals surface area (Å²) in [5.74, 6) is -1.70. The van der Waals surface area contributed by atoms with E-state index in [1.807, 2.05) is 0 Å². The zero-order valence-electron chi connectivity index (χ0n) is 9.47. The molecule has 1 aliphatic heterocycles. The van der Waals surface area contributed by atoms with Crippen LogP contribution in [-0.2, 0) is 14.4 Å². The van der Waals surface area contributed by atoms with Crippen molar-refractivity contribution in [3.8, 4) is 0 Å². The fourth-order valence-electron chi connectivity index (χ4n) is 1.60. The monoisotopic (exact) mass is 228 g/mol. The molecule has 0 aromatic carbocycles. The van der Waals surface area contributed by atoms with E-state index in [0.717, 1.165) is 0 Å². The van der Waals surface area contributed by atoms with Gasteiger partial charge in [0.1, 0.15) is 0 Å². The first-order valence-electron chi connectivity index (χ1n) is 5.14. The van der Waals surface area contributed by atoms with E-state index in [0.29, 0.717) is 13.0 Å². The maximum atomic E-state index is 11.7. The van der Waals surface area contributed by atoms with Gasteiger partial charge in [-0.2, -0.15) is 0 Å². The molecule has 2 amide bonds. The summed E-state index contributed by atoms with van der Waals surface area (Å²) in [6.07, 6.45) is 0.491. The molecule has 1 saturated heterocycles. The number of carbonyl (C=O) groups is 3. The molecular weight excluding hydrogens is 212 g/mol. The number of likely N-dealkylation sites (N-methyl/N-ethyl adjacent to an activating group) is 1. The molecule has 0 saturated carbocycles. The van der Waals surface area contributed by atoms with Gasteiger partial charge in [-0.3, -0.25) is 14.4 Å². The van der Waals surface area contributed by atoms with Gasteiger partial charge in [0.2, 0.25) is 11.8 Å². The van der Waals surface area contributed by atoms with Crippen LogP contribution in [0.4, 0.5) is 0 Å². The minimum absolute atomic E-state index is 0.0155. The second-order valence-corrected chi connectivity index (χ2v) is 4.04. The summed E-state index contributed by atoms with van der Waals surface area (Å²) in [5.41, 5.74) is 0. The second kappa shape index (κ2) is 4.96. The van der Waals surface area contributed by atoms with Crippen molar-refractivity contribution in [2.24, 2.45) is 5.92 Å². The van der Waals surface area contributed by atoms with Crippen LogP contribution in [0.2, 0.25) is 0 Å². The summed E-state index contributed by atoms with van der Waals surface area (Å²) in [5, 5.41) is 8.78. The van der Waals surface area contributed by atoms with Crippen molar-refractivity contribution in [1.82, 2.24) is 9.80 Å². The highest BCUT2D eigenvalue weighted by atomic mass is 16.4. The quantitative estimate of drug-likeness (QED) is 0.699. The zero-order valence-corrected chi connectivity index (χ0v) is 9.47. The summed E-state index contributed by atoms with van der Waals surface area (Å²) < 4.78 is 0. The van der Waals surface area contributed by atoms with Crippen molar-refractivity contribution in [2.75, 3.05) is 26.7 Å². The van der Waals surface area contributed by atoms with Gasteiger partial charge in [-0.15, -0.1) is 0 Å². The molecule has 90 valence electrons. The van der Waals surface area contributed by atoms with Crippen LogP contribution in [0, 0.1) is 5.92 Å². The highest BCUT2D eigenvalue weighted by Gasteiger charge is 2.31. The molecule has 1 atom stereocenters. The second-order valence-electron chi connectivity index (χ2n) is 4.04. The number of carboxylic acid groups (broad SMARTS) is 1. The van der Waals surface area contributed by atoms with Gasteiger partial charge in [-0.25, -0.2) is 0 Å². The Morgan fingerprint density at radius 1 is 1.44 bits per heavy atom. The van der Waals surface area contributed by atoms with E-state index in [1.54, 1.807) is 7.05 Å². The lowest BCUT2D eigenvalue weighted by atomic mass is 10.1. The first-order valence-corrected chi connectivity index (χ1v) is 5.14. The molecule has 16 heavy (non-hydrogen) atoms. The van der Waals surface area contributed by atoms with Crippen LogP contribution < -0.4 is 0 Å². The molecule has 1 N–H and O–H groups in total. The Bertz CT molecular complexity index is 316. The number of amides is 2. The van der Waals surface area contributed by atoms with E-state index < -0.39 is 11.9 Å². The Kier molecular flexibility index (Phi) is 3.87. The van der Waals surface area contributed by atoms with Gasteiger partial charge in [0, 0.05) is 27.1 Å². The molecule has 1 heterocycles. The van der Waals surface area contributed by atoms with E-state index >= 15 is 0 Å². The van der Waals surface area contributed by atoms with Crippen LogP contribution in [0.25, 0.3) is 0 Å². The molecule has 6 heteroatoms. The lowest BCUT2D eigenvalue weighted by Crippen LogP contribution is -2.39. The molecule has 0 aliphatic carbocycles. The van der Waals surface area contributed by atoms with Crippen LogP contribution in [-0.4, -0.2) is 59.4 Å². The Labute approximate surface area is 93.8 Å². The van der Waals surface area contributed by atoms with Crippen LogP contribution in [0.1, 0.15) is 13.3 Å². The third-order valence-corrected chi connectivity index (χ3v) is 2.80. The van der Waals surface area contributed by atoms with Crippen LogP contribution >= 0.6 is 0 Å². The number of hydrogen-bond acceptors (Lipinski definition) is 3. The third-order valence-electron chi connectivity index (χ3n) is 2.80. The maximum absolute atomic E-state index is 11.7. The Hall–Kier alpha value is -1.59. The van der Waals surface area contributed by atoms with Crippen LogP contribution in [0.3, 0.4) is 0 Å². The van der Waals surface area contributed by atoms with Crippen molar-refractivity contribution in [3.63, 3.8) is 0 Å². The molecule has 0 radical (unpaired) electrons. The zero-order chi connectivity index (χ0) is 12.3. The standard InChI is InChI=1S/C10H16N2O4/c1-7(13)11(2)6-9(14)12-4-3-8(5-12)10(15)16/h8H,3-6H2,1-2H3,(H,15,16). The molecule has 1 aliphatic rings. The normalized spacial score (nSPS) is 19.6. The SMILES string of the molecule is CC(=O)N(C)CC(=O)N1CCC(C(=O)O)C1. The first kappa shape index (κ1) is 12.5. The molecule has 0 bridgehead atoms. The van der Waals surface area contributed by atoms with Gasteiger partial charge in [0.15, 0.2) is 0 Å². The molecule has 0 aromatic heterocycles. The number of carboxylic acids is 1. The van der Waals surface area contributed by atoms with Crippen LogP contribution in [0.5, 0.6) is 0 Å². The highest BCUT2D eigenvalue weighted by Crippen LogP contribution is 2.16. The number of nitrogens with zero attached hydrogens (tertiary/aromatic N) is 2. The number of likely N-dealkylation sites (tertiary alicyclic amines) is 1. The molecule has 1 unspecified atom stereocenters. The summed E-state index contributed by atoms with van der Waals surface area (Å²) in [6, 6.07) is 0. The number of rotatable bonds is 3. The highest BCUT2D eigenvalue weighted by molar-refractivity contribution is 5.84. The molecule has 1 rings (SSSR count).